The van der Waals surface area contributed by atoms with Gasteiger partial charge in [0, 0.05) is 10.0 Å². The highest BCUT2D eigenvalue weighted by Crippen LogP contribution is 2.19. The lowest BCUT2D eigenvalue weighted by Gasteiger charge is -2.15. The number of hydrogen-bond acceptors (Lipinski definition) is 3. The van der Waals surface area contributed by atoms with Crippen molar-refractivity contribution in [3.05, 3.63) is 76.8 Å². The summed E-state index contributed by atoms with van der Waals surface area (Å²) in [5.74, 6) is -0.277. The van der Waals surface area contributed by atoms with Gasteiger partial charge < -0.3 is 4.74 Å². The summed E-state index contributed by atoms with van der Waals surface area (Å²) in [4.78, 5) is 24.4. The third-order valence-electron chi connectivity index (χ3n) is 3.79. The summed E-state index contributed by atoms with van der Waals surface area (Å²) in [6.45, 7) is 1.61. The largest absolute Gasteiger partial charge is 0.481 e. The van der Waals surface area contributed by atoms with Gasteiger partial charge in [0.25, 0.3) is 11.8 Å². The molecule has 26 heavy (non-hydrogen) atoms. The molecule has 0 aromatic heterocycles. The first-order valence-corrected chi connectivity index (χ1v) is 8.83. The van der Waals surface area contributed by atoms with E-state index in [9.17, 15) is 9.59 Å². The molecule has 0 aliphatic heterocycles. The van der Waals surface area contributed by atoms with Crippen LogP contribution in [0, 0.1) is 0 Å². The Labute approximate surface area is 159 Å². The van der Waals surface area contributed by atoms with Crippen LogP contribution >= 0.6 is 15.9 Å². The van der Waals surface area contributed by atoms with Gasteiger partial charge in [0.1, 0.15) is 5.75 Å². The van der Waals surface area contributed by atoms with Crippen LogP contribution in [0.4, 0.5) is 0 Å². The lowest BCUT2D eigenvalue weighted by atomic mass is 10.1. The number of rotatable bonds is 4. The van der Waals surface area contributed by atoms with Crippen LogP contribution in [0.3, 0.4) is 0 Å². The molecule has 3 rings (SSSR count). The highest BCUT2D eigenvalue weighted by atomic mass is 79.9. The van der Waals surface area contributed by atoms with E-state index in [0.717, 1.165) is 15.2 Å². The molecule has 5 nitrogen and oxygen atoms in total. The van der Waals surface area contributed by atoms with Gasteiger partial charge in [0.05, 0.1) is 0 Å². The Hall–Kier alpha value is -2.86. The molecule has 0 aliphatic rings. The molecule has 0 saturated heterocycles. The maximum atomic E-state index is 12.2. The number of halogens is 1. The van der Waals surface area contributed by atoms with Crippen molar-refractivity contribution in [3.63, 3.8) is 0 Å². The normalized spacial score (nSPS) is 11.6. The summed E-state index contributed by atoms with van der Waals surface area (Å²) in [7, 11) is 0. The Bertz CT molecular complexity index is 958. The summed E-state index contributed by atoms with van der Waals surface area (Å²) >= 11 is 3.34. The molecule has 6 heteroatoms. The van der Waals surface area contributed by atoms with Crippen molar-refractivity contribution in [3.8, 4) is 5.75 Å². The van der Waals surface area contributed by atoms with E-state index in [1.807, 2.05) is 42.5 Å². The first kappa shape index (κ1) is 17.9. The third kappa shape index (κ3) is 4.40. The molecule has 132 valence electrons. The molecule has 3 aromatic carbocycles. The van der Waals surface area contributed by atoms with Gasteiger partial charge in [-0.05, 0) is 48.0 Å². The minimum Gasteiger partial charge on any atom is -0.481 e. The van der Waals surface area contributed by atoms with Crippen LogP contribution in [0.5, 0.6) is 5.75 Å². The molecule has 0 fully saturated rings. The predicted octanol–water partition coefficient (Wildman–Crippen LogP) is 3.83. The zero-order valence-corrected chi connectivity index (χ0v) is 15.6. The van der Waals surface area contributed by atoms with Gasteiger partial charge in [0.15, 0.2) is 6.10 Å². The Morgan fingerprint density at radius 2 is 1.69 bits per heavy atom. The molecule has 0 spiro atoms. The molecule has 0 radical (unpaired) electrons. The van der Waals surface area contributed by atoms with Crippen molar-refractivity contribution in [2.24, 2.45) is 0 Å². The number of ether oxygens (including phenoxy) is 1. The van der Waals surface area contributed by atoms with Crippen molar-refractivity contribution < 1.29 is 14.3 Å². The van der Waals surface area contributed by atoms with Crippen molar-refractivity contribution >= 4 is 38.5 Å². The van der Waals surface area contributed by atoms with E-state index in [2.05, 4.69) is 26.8 Å². The van der Waals surface area contributed by atoms with Crippen LogP contribution < -0.4 is 15.6 Å². The molecule has 2 amide bonds. The van der Waals surface area contributed by atoms with Crippen LogP contribution in [0.15, 0.2) is 71.2 Å². The van der Waals surface area contributed by atoms with Crippen molar-refractivity contribution in [2.75, 3.05) is 0 Å². The van der Waals surface area contributed by atoms with Gasteiger partial charge in [-0.25, -0.2) is 0 Å². The van der Waals surface area contributed by atoms with E-state index in [1.54, 1.807) is 31.2 Å². The smallest absolute Gasteiger partial charge is 0.279 e. The number of benzene rings is 3. The van der Waals surface area contributed by atoms with Gasteiger partial charge in [-0.2, -0.15) is 0 Å². The summed E-state index contributed by atoms with van der Waals surface area (Å²) < 4.78 is 6.41. The van der Waals surface area contributed by atoms with Gasteiger partial charge >= 0.3 is 0 Å². The second-order valence-corrected chi connectivity index (χ2v) is 6.64. The number of nitrogens with one attached hydrogen (secondary N) is 2. The number of hydrogen-bond donors (Lipinski definition) is 2. The quantitative estimate of drug-likeness (QED) is 0.639. The minimum atomic E-state index is -0.763. The number of fused-ring (bicyclic) bond motifs is 1. The SMILES string of the molecule is CC(Oc1cccc(Br)c1)C(=O)NNC(=O)c1ccc2ccccc2c1. The van der Waals surface area contributed by atoms with Crippen LogP contribution in [-0.4, -0.2) is 17.9 Å². The van der Waals surface area contributed by atoms with Crippen molar-refractivity contribution in [2.45, 2.75) is 13.0 Å². The average Bonchev–Trinajstić information content (AvgIpc) is 2.65. The van der Waals surface area contributed by atoms with Crippen LogP contribution in [0.25, 0.3) is 10.8 Å². The van der Waals surface area contributed by atoms with Crippen molar-refractivity contribution in [1.29, 1.82) is 0 Å². The van der Waals surface area contributed by atoms with Gasteiger partial charge in [-0.1, -0.05) is 52.3 Å². The number of hydrazine groups is 1. The summed E-state index contributed by atoms with van der Waals surface area (Å²) in [6, 6.07) is 20.3. The Morgan fingerprint density at radius 3 is 2.46 bits per heavy atom. The first-order valence-electron chi connectivity index (χ1n) is 8.04. The highest BCUT2D eigenvalue weighted by molar-refractivity contribution is 9.10. The average molecular weight is 413 g/mol. The first-order chi connectivity index (χ1) is 12.5. The molecule has 1 atom stereocenters. The topological polar surface area (TPSA) is 67.4 Å². The Balaban J connectivity index is 1.58. The number of amides is 2. The zero-order valence-electron chi connectivity index (χ0n) is 14.0. The summed E-state index contributed by atoms with van der Waals surface area (Å²) in [5, 5.41) is 2.00. The Kier molecular flexibility index (Phi) is 5.53. The van der Waals surface area contributed by atoms with E-state index >= 15 is 0 Å². The maximum absolute atomic E-state index is 12.2. The summed E-state index contributed by atoms with van der Waals surface area (Å²) in [6.07, 6.45) is -0.763. The van der Waals surface area contributed by atoms with Crippen molar-refractivity contribution in [1.82, 2.24) is 10.9 Å². The molecular weight excluding hydrogens is 396 g/mol. The van der Waals surface area contributed by atoms with Gasteiger partial charge in [0.2, 0.25) is 0 Å². The molecule has 1 unspecified atom stereocenters. The third-order valence-corrected chi connectivity index (χ3v) is 4.28. The fourth-order valence-corrected chi connectivity index (χ4v) is 2.80. The lowest BCUT2D eigenvalue weighted by Crippen LogP contribution is -2.47. The molecule has 3 aromatic rings. The lowest BCUT2D eigenvalue weighted by molar-refractivity contribution is -0.128. The van der Waals surface area contributed by atoms with E-state index < -0.39 is 17.9 Å². The fourth-order valence-electron chi connectivity index (χ4n) is 2.42. The second-order valence-electron chi connectivity index (χ2n) is 5.72. The molecule has 0 aliphatic carbocycles. The monoisotopic (exact) mass is 412 g/mol. The van der Waals surface area contributed by atoms with E-state index in [0.29, 0.717) is 11.3 Å². The molecule has 0 heterocycles. The standard InChI is InChI=1S/C20H17BrN2O3/c1-13(26-18-8-4-7-17(21)12-18)19(24)22-23-20(25)16-10-9-14-5-2-3-6-15(14)11-16/h2-13H,1H3,(H,22,24)(H,23,25). The fraction of sp³-hybridized carbons (Fsp3) is 0.100. The zero-order chi connectivity index (χ0) is 18.5. The molecular formula is C20H17BrN2O3. The predicted molar refractivity (Wildman–Crippen MR) is 104 cm³/mol. The molecule has 0 bridgehead atoms. The van der Waals surface area contributed by atoms with E-state index in [1.165, 1.54) is 0 Å². The second kappa shape index (κ2) is 8.01. The number of carbonyl (C=O) groups excluding carboxylic acids is 2. The van der Waals surface area contributed by atoms with E-state index in [-0.39, 0.29) is 0 Å². The Morgan fingerprint density at radius 1 is 0.923 bits per heavy atom. The molecule has 0 saturated carbocycles. The van der Waals surface area contributed by atoms with Crippen LogP contribution in [-0.2, 0) is 4.79 Å². The molecule has 2 N–H and O–H groups in total. The number of carbonyl (C=O) groups is 2. The summed E-state index contributed by atoms with van der Waals surface area (Å²) in [5.41, 5.74) is 5.26. The maximum Gasteiger partial charge on any atom is 0.279 e. The van der Waals surface area contributed by atoms with E-state index in [4.69, 9.17) is 4.74 Å². The van der Waals surface area contributed by atoms with Gasteiger partial charge in [-0.3, -0.25) is 20.4 Å². The minimum absolute atomic E-state index is 0.390. The van der Waals surface area contributed by atoms with Gasteiger partial charge in [-0.15, -0.1) is 0 Å². The highest BCUT2D eigenvalue weighted by Gasteiger charge is 2.16. The van der Waals surface area contributed by atoms with Crippen LogP contribution in [0.2, 0.25) is 0 Å². The van der Waals surface area contributed by atoms with Crippen LogP contribution in [0.1, 0.15) is 17.3 Å².